The van der Waals surface area contributed by atoms with Crippen LogP contribution in [-0.4, -0.2) is 44.9 Å². The second-order valence-electron chi connectivity index (χ2n) is 6.74. The number of carbonyl (C=O) groups excluding carboxylic acids is 1. The Kier molecular flexibility index (Phi) is 4.71. The molecule has 0 bridgehead atoms. The highest BCUT2D eigenvalue weighted by atomic mass is 16.1. The Hall–Kier alpha value is -2.67. The number of piperidine rings is 1. The third kappa shape index (κ3) is 3.35. The van der Waals surface area contributed by atoms with E-state index in [1.165, 1.54) is 0 Å². The summed E-state index contributed by atoms with van der Waals surface area (Å²) < 4.78 is 4.04. The van der Waals surface area contributed by atoms with Gasteiger partial charge in [-0.2, -0.15) is 5.10 Å². The molecule has 1 atom stereocenters. The molecule has 0 saturated carbocycles. The summed E-state index contributed by atoms with van der Waals surface area (Å²) in [5.41, 5.74) is 2.55. The minimum Gasteiger partial charge on any atom is -0.349 e. The van der Waals surface area contributed by atoms with E-state index in [9.17, 15) is 4.79 Å². The van der Waals surface area contributed by atoms with E-state index in [1.54, 1.807) is 6.07 Å². The summed E-state index contributed by atoms with van der Waals surface area (Å²) in [6, 6.07) is 10.2. The summed E-state index contributed by atoms with van der Waals surface area (Å²) in [5.74, 6) is 0.823. The highest BCUT2D eigenvalue weighted by Crippen LogP contribution is 2.16. The molecule has 1 fully saturated rings. The summed E-state index contributed by atoms with van der Waals surface area (Å²) in [5, 5.41) is 10.8. The molecule has 1 aliphatic heterocycles. The zero-order valence-electron chi connectivity index (χ0n) is 15.0. The molecule has 0 radical (unpaired) electrons. The lowest BCUT2D eigenvalue weighted by atomic mass is 10.1. The average molecular weight is 352 g/mol. The second kappa shape index (κ2) is 7.29. The van der Waals surface area contributed by atoms with Gasteiger partial charge in [-0.15, -0.1) is 0 Å². The van der Waals surface area contributed by atoms with Gasteiger partial charge in [-0.1, -0.05) is 12.1 Å². The van der Waals surface area contributed by atoms with Gasteiger partial charge >= 0.3 is 0 Å². The fourth-order valence-electron chi connectivity index (χ4n) is 3.57. The van der Waals surface area contributed by atoms with Crippen LogP contribution in [0.5, 0.6) is 0 Å². The summed E-state index contributed by atoms with van der Waals surface area (Å²) >= 11 is 0. The lowest BCUT2D eigenvalue weighted by molar-refractivity contribution is 0.0946. The maximum atomic E-state index is 12.4. The summed E-state index contributed by atoms with van der Waals surface area (Å²) in [4.78, 5) is 16.9. The van der Waals surface area contributed by atoms with E-state index < -0.39 is 0 Å². The lowest BCUT2D eigenvalue weighted by Gasteiger charge is -2.22. The van der Waals surface area contributed by atoms with E-state index in [0.29, 0.717) is 24.8 Å². The first-order valence-electron chi connectivity index (χ1n) is 9.18. The molecule has 2 N–H and O–H groups in total. The molecule has 1 saturated heterocycles. The number of fused-ring (bicyclic) bond motifs is 1. The van der Waals surface area contributed by atoms with Gasteiger partial charge in [0.05, 0.1) is 17.1 Å². The van der Waals surface area contributed by atoms with Crippen molar-refractivity contribution >= 4 is 16.9 Å². The van der Waals surface area contributed by atoms with Crippen LogP contribution in [0.2, 0.25) is 0 Å². The van der Waals surface area contributed by atoms with Crippen molar-refractivity contribution in [1.29, 1.82) is 0 Å². The molecule has 7 nitrogen and oxygen atoms in total. The van der Waals surface area contributed by atoms with Crippen molar-refractivity contribution in [2.75, 3.05) is 19.6 Å². The Labute approximate surface area is 152 Å². The quantitative estimate of drug-likeness (QED) is 0.735. The van der Waals surface area contributed by atoms with Crippen molar-refractivity contribution in [1.82, 2.24) is 30.0 Å². The van der Waals surface area contributed by atoms with E-state index >= 15 is 0 Å². The van der Waals surface area contributed by atoms with E-state index in [0.717, 1.165) is 42.8 Å². The lowest BCUT2D eigenvalue weighted by Crippen LogP contribution is -2.32. The number of para-hydroxylation sites is 2. The summed E-state index contributed by atoms with van der Waals surface area (Å²) in [7, 11) is 0. The van der Waals surface area contributed by atoms with Crippen LogP contribution in [0.4, 0.5) is 0 Å². The number of hydrogen-bond acceptors (Lipinski definition) is 4. The van der Waals surface area contributed by atoms with Crippen molar-refractivity contribution in [2.24, 2.45) is 0 Å². The number of nitrogens with one attached hydrogen (secondary N) is 2. The van der Waals surface area contributed by atoms with Crippen molar-refractivity contribution in [3.8, 4) is 0 Å². The number of aryl methyl sites for hydroxylation is 1. The van der Waals surface area contributed by atoms with Crippen molar-refractivity contribution in [3.63, 3.8) is 0 Å². The Balaban J connectivity index is 1.36. The molecule has 3 heterocycles. The topological polar surface area (TPSA) is 76.8 Å². The van der Waals surface area contributed by atoms with Gasteiger partial charge in [0.15, 0.2) is 0 Å². The van der Waals surface area contributed by atoms with Gasteiger partial charge in [-0.3, -0.25) is 9.48 Å². The SMILES string of the molecule is Cc1nc2ccccc2n1CCNC(=O)c1ccn(C2CCCNC2)n1. The minimum absolute atomic E-state index is 0.130. The summed E-state index contributed by atoms with van der Waals surface area (Å²) in [6.45, 7) is 5.19. The number of hydrogen-bond donors (Lipinski definition) is 2. The third-order valence-electron chi connectivity index (χ3n) is 4.95. The molecule has 0 aliphatic carbocycles. The molecule has 136 valence electrons. The maximum Gasteiger partial charge on any atom is 0.271 e. The summed E-state index contributed by atoms with van der Waals surface area (Å²) in [6.07, 6.45) is 4.15. The van der Waals surface area contributed by atoms with Gasteiger partial charge in [0.1, 0.15) is 11.5 Å². The molecule has 1 amide bonds. The van der Waals surface area contributed by atoms with E-state index in [4.69, 9.17) is 0 Å². The van der Waals surface area contributed by atoms with E-state index in [-0.39, 0.29) is 5.91 Å². The molecule has 1 aliphatic rings. The zero-order chi connectivity index (χ0) is 17.9. The molecule has 7 heteroatoms. The van der Waals surface area contributed by atoms with Crippen LogP contribution in [0, 0.1) is 6.92 Å². The monoisotopic (exact) mass is 352 g/mol. The predicted octanol–water partition coefficient (Wildman–Crippen LogP) is 1.90. The van der Waals surface area contributed by atoms with Crippen LogP contribution >= 0.6 is 0 Å². The number of nitrogens with zero attached hydrogens (tertiary/aromatic N) is 4. The molecule has 1 aromatic carbocycles. The number of benzene rings is 1. The van der Waals surface area contributed by atoms with Crippen LogP contribution in [0.3, 0.4) is 0 Å². The Bertz CT molecular complexity index is 906. The third-order valence-corrected chi connectivity index (χ3v) is 4.95. The molecule has 2 aromatic heterocycles. The predicted molar refractivity (Wildman–Crippen MR) is 100 cm³/mol. The Morgan fingerprint density at radius 2 is 2.23 bits per heavy atom. The van der Waals surface area contributed by atoms with Crippen LogP contribution in [0.15, 0.2) is 36.5 Å². The van der Waals surface area contributed by atoms with Gasteiger partial charge in [0.2, 0.25) is 0 Å². The second-order valence-corrected chi connectivity index (χ2v) is 6.74. The van der Waals surface area contributed by atoms with Crippen LogP contribution in [0.1, 0.15) is 35.2 Å². The van der Waals surface area contributed by atoms with Gasteiger partial charge in [-0.05, 0) is 44.5 Å². The smallest absolute Gasteiger partial charge is 0.271 e. The number of rotatable bonds is 5. The number of carbonyl (C=O) groups is 1. The normalized spacial score (nSPS) is 17.5. The van der Waals surface area contributed by atoms with E-state index in [1.807, 2.05) is 36.0 Å². The zero-order valence-corrected chi connectivity index (χ0v) is 15.0. The Morgan fingerprint density at radius 3 is 3.08 bits per heavy atom. The maximum absolute atomic E-state index is 12.4. The Morgan fingerprint density at radius 1 is 1.35 bits per heavy atom. The fourth-order valence-corrected chi connectivity index (χ4v) is 3.57. The highest BCUT2D eigenvalue weighted by molar-refractivity contribution is 5.92. The standard InChI is InChI=1S/C19H24N6O/c1-14-22-16-6-2-3-7-18(16)24(14)12-10-21-19(26)17-8-11-25(23-17)15-5-4-9-20-13-15/h2-3,6-8,11,15,20H,4-5,9-10,12-13H2,1H3,(H,21,26). The molecule has 3 aromatic rings. The number of imidazole rings is 1. The fraction of sp³-hybridized carbons (Fsp3) is 0.421. The largest absolute Gasteiger partial charge is 0.349 e. The molecule has 0 spiro atoms. The first kappa shape index (κ1) is 16.8. The average Bonchev–Trinajstić information content (AvgIpc) is 3.28. The molecular formula is C19H24N6O. The van der Waals surface area contributed by atoms with Gasteiger partial charge < -0.3 is 15.2 Å². The molecule has 1 unspecified atom stereocenters. The molecule has 4 rings (SSSR count). The van der Waals surface area contributed by atoms with Crippen molar-refractivity contribution in [2.45, 2.75) is 32.4 Å². The van der Waals surface area contributed by atoms with E-state index in [2.05, 4.69) is 31.3 Å². The first-order chi connectivity index (χ1) is 12.7. The number of aromatic nitrogens is 4. The number of amides is 1. The molecule has 26 heavy (non-hydrogen) atoms. The van der Waals surface area contributed by atoms with Crippen molar-refractivity contribution < 1.29 is 4.79 Å². The van der Waals surface area contributed by atoms with Gasteiger partial charge in [-0.25, -0.2) is 4.98 Å². The van der Waals surface area contributed by atoms with Crippen LogP contribution in [0.25, 0.3) is 11.0 Å². The van der Waals surface area contributed by atoms with Crippen LogP contribution in [-0.2, 0) is 6.54 Å². The van der Waals surface area contributed by atoms with Gasteiger partial charge in [0.25, 0.3) is 5.91 Å². The first-order valence-corrected chi connectivity index (χ1v) is 9.18. The van der Waals surface area contributed by atoms with Crippen molar-refractivity contribution in [3.05, 3.63) is 48.0 Å². The highest BCUT2D eigenvalue weighted by Gasteiger charge is 2.17. The minimum atomic E-state index is -0.130. The van der Waals surface area contributed by atoms with Gasteiger partial charge in [0, 0.05) is 25.8 Å². The molecular weight excluding hydrogens is 328 g/mol. The van der Waals surface area contributed by atoms with Crippen LogP contribution < -0.4 is 10.6 Å².